The van der Waals surface area contributed by atoms with Crippen molar-refractivity contribution in [2.24, 2.45) is 0 Å². The SMILES string of the molecule is O=C(C(c1ccccc1)c1ccccc1)N(CCCSc1nc2ccccc2[nH]1)CCc1ccccc1. The average Bonchev–Trinajstić information content (AvgIpc) is 3.37. The Hall–Kier alpha value is -3.83. The molecule has 4 aromatic carbocycles. The van der Waals surface area contributed by atoms with Gasteiger partial charge in [-0.25, -0.2) is 4.98 Å². The molecule has 0 radical (unpaired) electrons. The number of hydrogen-bond acceptors (Lipinski definition) is 3. The molecule has 0 unspecified atom stereocenters. The van der Waals surface area contributed by atoms with Crippen LogP contribution in [0, 0.1) is 0 Å². The minimum absolute atomic E-state index is 0.155. The number of hydrogen-bond donors (Lipinski definition) is 1. The maximum Gasteiger partial charge on any atom is 0.234 e. The summed E-state index contributed by atoms with van der Waals surface area (Å²) in [7, 11) is 0. The van der Waals surface area contributed by atoms with Gasteiger partial charge in [-0.1, -0.05) is 115 Å². The van der Waals surface area contributed by atoms with Gasteiger partial charge < -0.3 is 9.88 Å². The lowest BCUT2D eigenvalue weighted by atomic mass is 9.90. The van der Waals surface area contributed by atoms with Gasteiger partial charge in [0.25, 0.3) is 0 Å². The van der Waals surface area contributed by atoms with Crippen molar-refractivity contribution in [3.8, 4) is 0 Å². The Bertz CT molecular complexity index is 1330. The summed E-state index contributed by atoms with van der Waals surface area (Å²) < 4.78 is 0. The molecule has 0 fully saturated rings. The zero-order valence-corrected chi connectivity index (χ0v) is 21.6. The Kier molecular flexibility index (Phi) is 8.34. The summed E-state index contributed by atoms with van der Waals surface area (Å²) in [5, 5.41) is 0.926. The number of thioether (sulfide) groups is 1. The molecule has 0 atom stereocenters. The summed E-state index contributed by atoms with van der Waals surface area (Å²) in [6.07, 6.45) is 1.72. The molecular weight excluding hydrogens is 474 g/mol. The van der Waals surface area contributed by atoms with Gasteiger partial charge >= 0.3 is 0 Å². The molecule has 1 N–H and O–H groups in total. The number of aromatic nitrogens is 2. The monoisotopic (exact) mass is 505 g/mol. The predicted octanol–water partition coefficient (Wildman–Crippen LogP) is 6.95. The number of aromatic amines is 1. The van der Waals surface area contributed by atoms with Crippen molar-refractivity contribution < 1.29 is 4.79 Å². The van der Waals surface area contributed by atoms with E-state index in [9.17, 15) is 4.79 Å². The second-order valence-electron chi connectivity index (χ2n) is 9.08. The summed E-state index contributed by atoms with van der Waals surface area (Å²) in [6.45, 7) is 1.39. The number of fused-ring (bicyclic) bond motifs is 1. The molecule has 0 spiro atoms. The van der Waals surface area contributed by atoms with E-state index in [1.165, 1.54) is 5.56 Å². The fourth-order valence-corrected chi connectivity index (χ4v) is 5.43. The number of nitrogens with one attached hydrogen (secondary N) is 1. The third-order valence-corrected chi connectivity index (χ3v) is 7.48. The van der Waals surface area contributed by atoms with Crippen LogP contribution in [0.2, 0.25) is 0 Å². The van der Waals surface area contributed by atoms with Crippen molar-refractivity contribution in [2.45, 2.75) is 23.9 Å². The first-order valence-electron chi connectivity index (χ1n) is 12.8. The number of para-hydroxylation sites is 2. The predicted molar refractivity (Wildman–Crippen MR) is 153 cm³/mol. The summed E-state index contributed by atoms with van der Waals surface area (Å²) in [5.41, 5.74) is 5.34. The van der Waals surface area contributed by atoms with Crippen LogP contribution >= 0.6 is 11.8 Å². The van der Waals surface area contributed by atoms with Gasteiger partial charge in [-0.05, 0) is 41.7 Å². The van der Waals surface area contributed by atoms with Crippen LogP contribution in [0.1, 0.15) is 29.0 Å². The highest BCUT2D eigenvalue weighted by Gasteiger charge is 2.27. The van der Waals surface area contributed by atoms with Gasteiger partial charge in [0.05, 0.1) is 17.0 Å². The van der Waals surface area contributed by atoms with Crippen LogP contribution < -0.4 is 0 Å². The molecule has 5 rings (SSSR count). The van der Waals surface area contributed by atoms with Gasteiger partial charge in [0, 0.05) is 18.8 Å². The molecular formula is C32H31N3OS. The van der Waals surface area contributed by atoms with Gasteiger partial charge in [-0.15, -0.1) is 0 Å². The van der Waals surface area contributed by atoms with Gasteiger partial charge in [0.1, 0.15) is 0 Å². The molecule has 186 valence electrons. The van der Waals surface area contributed by atoms with Gasteiger partial charge in [0.2, 0.25) is 5.91 Å². The lowest BCUT2D eigenvalue weighted by Gasteiger charge is -2.28. The average molecular weight is 506 g/mol. The van der Waals surface area contributed by atoms with Crippen LogP contribution in [-0.4, -0.2) is 39.6 Å². The van der Waals surface area contributed by atoms with Crippen molar-refractivity contribution in [1.82, 2.24) is 14.9 Å². The minimum atomic E-state index is -0.318. The Morgan fingerprint density at radius 3 is 2.00 bits per heavy atom. The highest BCUT2D eigenvalue weighted by Crippen LogP contribution is 2.27. The normalized spacial score (nSPS) is 11.2. The van der Waals surface area contributed by atoms with E-state index in [1.807, 2.05) is 66.7 Å². The zero-order chi connectivity index (χ0) is 25.3. The number of H-pyrrole nitrogens is 1. The van der Waals surface area contributed by atoms with Gasteiger partial charge in [-0.2, -0.15) is 0 Å². The number of benzene rings is 4. The van der Waals surface area contributed by atoms with Crippen LogP contribution in [-0.2, 0) is 11.2 Å². The molecule has 0 aliphatic rings. The topological polar surface area (TPSA) is 49.0 Å². The fourth-order valence-electron chi connectivity index (χ4n) is 4.61. The van der Waals surface area contributed by atoms with Gasteiger partial charge in [-0.3, -0.25) is 4.79 Å². The molecule has 0 aliphatic carbocycles. The van der Waals surface area contributed by atoms with Crippen molar-refractivity contribution in [2.75, 3.05) is 18.8 Å². The molecule has 0 saturated heterocycles. The Labute approximate surface area is 222 Å². The second-order valence-corrected chi connectivity index (χ2v) is 10.2. The number of carbonyl (C=O) groups excluding carboxylic acids is 1. The lowest BCUT2D eigenvalue weighted by Crippen LogP contribution is -2.38. The molecule has 37 heavy (non-hydrogen) atoms. The van der Waals surface area contributed by atoms with Crippen LogP contribution in [0.4, 0.5) is 0 Å². The van der Waals surface area contributed by atoms with Crippen molar-refractivity contribution in [1.29, 1.82) is 0 Å². The zero-order valence-electron chi connectivity index (χ0n) is 20.8. The van der Waals surface area contributed by atoms with Crippen LogP contribution in [0.25, 0.3) is 11.0 Å². The number of carbonyl (C=O) groups is 1. The standard InChI is InChI=1S/C32H31N3OS/c36-31(30(26-15-6-2-7-16-26)27-17-8-3-9-18-27)35(23-21-25-13-4-1-5-14-25)22-12-24-37-32-33-28-19-10-11-20-29(28)34-32/h1-11,13-20,30H,12,21-24H2,(H,33,34). The van der Waals surface area contributed by atoms with E-state index < -0.39 is 0 Å². The van der Waals surface area contributed by atoms with Gasteiger partial charge in [0.15, 0.2) is 5.16 Å². The second kappa shape index (κ2) is 12.4. The molecule has 0 aliphatic heterocycles. The van der Waals surface area contributed by atoms with E-state index in [0.29, 0.717) is 13.1 Å². The molecule has 5 aromatic rings. The maximum atomic E-state index is 14.1. The quantitative estimate of drug-likeness (QED) is 0.156. The van der Waals surface area contributed by atoms with E-state index >= 15 is 0 Å². The molecule has 5 heteroatoms. The Morgan fingerprint density at radius 1 is 0.757 bits per heavy atom. The number of nitrogens with zero attached hydrogens (tertiary/aromatic N) is 2. The van der Waals surface area contributed by atoms with E-state index in [2.05, 4.69) is 63.4 Å². The summed E-state index contributed by atoms with van der Waals surface area (Å²) in [4.78, 5) is 24.3. The maximum absolute atomic E-state index is 14.1. The van der Waals surface area contributed by atoms with Crippen LogP contribution in [0.15, 0.2) is 120 Å². The van der Waals surface area contributed by atoms with E-state index in [1.54, 1.807) is 11.8 Å². The third-order valence-electron chi connectivity index (χ3n) is 6.52. The van der Waals surface area contributed by atoms with Crippen molar-refractivity contribution in [3.05, 3.63) is 132 Å². The van der Waals surface area contributed by atoms with E-state index in [4.69, 9.17) is 0 Å². The largest absolute Gasteiger partial charge is 0.342 e. The molecule has 0 saturated carbocycles. The number of amides is 1. The number of rotatable bonds is 11. The highest BCUT2D eigenvalue weighted by molar-refractivity contribution is 7.99. The highest BCUT2D eigenvalue weighted by atomic mass is 32.2. The smallest absolute Gasteiger partial charge is 0.234 e. The van der Waals surface area contributed by atoms with Crippen LogP contribution in [0.3, 0.4) is 0 Å². The molecule has 0 bridgehead atoms. The first kappa shape index (κ1) is 24.8. The van der Waals surface area contributed by atoms with Crippen molar-refractivity contribution in [3.63, 3.8) is 0 Å². The minimum Gasteiger partial charge on any atom is -0.342 e. The first-order valence-corrected chi connectivity index (χ1v) is 13.8. The molecule has 1 heterocycles. The fraction of sp³-hybridized carbons (Fsp3) is 0.188. The third kappa shape index (κ3) is 6.49. The summed E-state index contributed by atoms with van der Waals surface area (Å²) in [6, 6.07) is 38.8. The first-order chi connectivity index (χ1) is 18.3. The van der Waals surface area contributed by atoms with Crippen LogP contribution in [0.5, 0.6) is 0 Å². The number of imidazole rings is 1. The summed E-state index contributed by atoms with van der Waals surface area (Å²) >= 11 is 1.71. The lowest BCUT2D eigenvalue weighted by molar-refractivity contribution is -0.131. The molecule has 1 aromatic heterocycles. The van der Waals surface area contributed by atoms with Crippen molar-refractivity contribution >= 4 is 28.7 Å². The van der Waals surface area contributed by atoms with E-state index in [0.717, 1.165) is 45.9 Å². The summed E-state index contributed by atoms with van der Waals surface area (Å²) in [5.74, 6) is 0.722. The molecule has 1 amide bonds. The molecule has 4 nitrogen and oxygen atoms in total. The Balaban J connectivity index is 1.31. The Morgan fingerprint density at radius 2 is 1.35 bits per heavy atom. The van der Waals surface area contributed by atoms with E-state index in [-0.39, 0.29) is 11.8 Å².